The zero-order valence-corrected chi connectivity index (χ0v) is 12.6. The van der Waals surface area contributed by atoms with Gasteiger partial charge < -0.3 is 4.74 Å². The van der Waals surface area contributed by atoms with Gasteiger partial charge in [-0.05, 0) is 44.2 Å². The molecular formula is C10H13F6O2PS. The molecule has 2 nitrogen and oxygen atoms in total. The Bertz CT molecular complexity index is 514. The summed E-state index contributed by atoms with van der Waals surface area (Å²) < 4.78 is 64.2. The van der Waals surface area contributed by atoms with Crippen LogP contribution in [0, 0.1) is 13.8 Å². The van der Waals surface area contributed by atoms with Crippen molar-refractivity contribution >= 4 is 26.4 Å². The molecule has 118 valence electrons. The summed E-state index contributed by atoms with van der Waals surface area (Å²) in [6, 6.07) is 3.66. The van der Waals surface area contributed by atoms with E-state index in [9.17, 15) is 30.0 Å². The van der Waals surface area contributed by atoms with Crippen LogP contribution in [0.4, 0.5) is 25.2 Å². The minimum atomic E-state index is -10.7. The van der Waals surface area contributed by atoms with Crippen LogP contribution in [0.15, 0.2) is 17.0 Å². The molecule has 0 N–H and O–H groups in total. The third-order valence-corrected chi connectivity index (χ3v) is 2.53. The van der Waals surface area contributed by atoms with Gasteiger partial charge in [0.2, 0.25) is 0 Å². The SMILES string of the molecule is CC(=O)Oc1ccc([SH2+])c(C)c1C.F[P-](F)(F)(F)(F)F. The minimum absolute atomic E-state index is 0.288. The van der Waals surface area contributed by atoms with Crippen LogP contribution < -0.4 is 4.74 Å². The van der Waals surface area contributed by atoms with E-state index >= 15 is 0 Å². The number of halogens is 6. The fourth-order valence-electron chi connectivity index (χ4n) is 1.06. The van der Waals surface area contributed by atoms with Gasteiger partial charge in [-0.1, -0.05) is 0 Å². The molecule has 10 heteroatoms. The van der Waals surface area contributed by atoms with Gasteiger partial charge in [-0.3, -0.25) is 4.79 Å². The molecule has 1 aromatic rings. The number of rotatable bonds is 1. The van der Waals surface area contributed by atoms with Crippen LogP contribution in [0.5, 0.6) is 5.75 Å². The van der Waals surface area contributed by atoms with E-state index in [1.54, 1.807) is 6.07 Å². The van der Waals surface area contributed by atoms with Crippen LogP contribution >= 0.6 is 7.81 Å². The first-order valence-electron chi connectivity index (χ1n) is 5.04. The number of carbonyl (C=O) groups excluding carboxylic acids is 1. The molecule has 1 rings (SSSR count). The predicted molar refractivity (Wildman–Crippen MR) is 69.2 cm³/mol. The van der Waals surface area contributed by atoms with E-state index in [2.05, 4.69) is 12.6 Å². The van der Waals surface area contributed by atoms with E-state index in [4.69, 9.17) is 4.74 Å². The molecule has 0 heterocycles. The summed E-state index contributed by atoms with van der Waals surface area (Å²) in [7, 11) is -10.7. The summed E-state index contributed by atoms with van der Waals surface area (Å²) >= 11 is 3.46. The Balaban J connectivity index is 0.000000441. The van der Waals surface area contributed by atoms with E-state index < -0.39 is 7.81 Å². The average molecular weight is 342 g/mol. The first-order valence-corrected chi connectivity index (χ1v) is 7.57. The fourth-order valence-corrected chi connectivity index (χ4v) is 1.33. The molecular weight excluding hydrogens is 329 g/mol. The first kappa shape index (κ1) is 19.1. The van der Waals surface area contributed by atoms with E-state index in [1.165, 1.54) is 6.92 Å². The molecule has 0 spiro atoms. The van der Waals surface area contributed by atoms with Gasteiger partial charge in [-0.2, -0.15) is 0 Å². The van der Waals surface area contributed by atoms with E-state index in [0.717, 1.165) is 16.0 Å². The van der Waals surface area contributed by atoms with Crippen molar-refractivity contribution in [1.82, 2.24) is 0 Å². The van der Waals surface area contributed by atoms with Crippen molar-refractivity contribution in [3.63, 3.8) is 0 Å². The van der Waals surface area contributed by atoms with Crippen molar-refractivity contribution in [2.24, 2.45) is 0 Å². The summed E-state index contributed by atoms with van der Waals surface area (Å²) in [6.07, 6.45) is 0. The Hall–Kier alpha value is -0.950. The number of hydrogen-bond acceptors (Lipinski definition) is 2. The monoisotopic (exact) mass is 342 g/mol. The number of carbonyl (C=O) groups is 1. The maximum absolute atomic E-state index is 10.7. The summed E-state index contributed by atoms with van der Waals surface area (Å²) in [4.78, 5) is 11.7. The first-order chi connectivity index (χ1) is 8.47. The van der Waals surface area contributed by atoms with Gasteiger partial charge in [-0.15, -0.1) is 0 Å². The van der Waals surface area contributed by atoms with Gasteiger partial charge >= 0.3 is 39.0 Å². The van der Waals surface area contributed by atoms with Gasteiger partial charge in [-0.25, -0.2) is 0 Å². The molecule has 1 aromatic carbocycles. The standard InChI is InChI=1S/C10H12O2S.F6P/c1-6-7(2)10(13)5-4-9(6)12-8(3)11;1-7(2,3,4,5)6/h4-5,13H,1-3H3;/q;-1/p+1. The van der Waals surface area contributed by atoms with Crippen molar-refractivity contribution in [2.75, 3.05) is 0 Å². The topological polar surface area (TPSA) is 26.3 Å². The second-order valence-corrected chi connectivity index (χ2v) is 6.37. The molecule has 0 unspecified atom stereocenters. The van der Waals surface area contributed by atoms with Crippen LogP contribution in [0.3, 0.4) is 0 Å². The molecule has 0 bridgehead atoms. The molecule has 0 radical (unpaired) electrons. The number of benzene rings is 1. The van der Waals surface area contributed by atoms with Gasteiger partial charge in [0, 0.05) is 12.5 Å². The predicted octanol–water partition coefficient (Wildman–Crippen LogP) is 4.98. The zero-order chi connectivity index (χ0) is 16.4. The van der Waals surface area contributed by atoms with Crippen molar-refractivity contribution in [3.05, 3.63) is 23.3 Å². The molecule has 0 saturated heterocycles. The van der Waals surface area contributed by atoms with Crippen LogP contribution in [0.1, 0.15) is 18.1 Å². The van der Waals surface area contributed by atoms with Gasteiger partial charge in [0.1, 0.15) is 5.75 Å². The zero-order valence-electron chi connectivity index (χ0n) is 10.7. The van der Waals surface area contributed by atoms with Gasteiger partial charge in [0.15, 0.2) is 4.90 Å². The van der Waals surface area contributed by atoms with Crippen LogP contribution in [0.25, 0.3) is 0 Å². The summed E-state index contributed by atoms with van der Waals surface area (Å²) in [5.74, 6) is 0.344. The normalized spacial score (nSPS) is 14.5. The van der Waals surface area contributed by atoms with Crippen molar-refractivity contribution in [2.45, 2.75) is 25.7 Å². The summed E-state index contributed by atoms with van der Waals surface area (Å²) in [6.45, 7) is 5.30. The molecule has 20 heavy (non-hydrogen) atoms. The second kappa shape index (κ2) is 5.11. The van der Waals surface area contributed by atoms with Gasteiger partial charge in [0.05, 0.1) is 0 Å². The van der Waals surface area contributed by atoms with Crippen LogP contribution in [0.2, 0.25) is 0 Å². The van der Waals surface area contributed by atoms with E-state index in [-0.39, 0.29) is 5.97 Å². The number of ether oxygens (including phenoxy) is 1. The van der Waals surface area contributed by atoms with Crippen LogP contribution in [-0.4, -0.2) is 5.97 Å². The second-order valence-electron chi connectivity index (χ2n) is 3.91. The Labute approximate surface area is 116 Å². The Morgan fingerprint density at radius 2 is 1.45 bits per heavy atom. The number of hydrogen-bond donors (Lipinski definition) is 0. The van der Waals surface area contributed by atoms with E-state index in [1.807, 2.05) is 19.9 Å². The Morgan fingerprint density at radius 1 is 1.05 bits per heavy atom. The fraction of sp³-hybridized carbons (Fsp3) is 0.300. The molecule has 0 amide bonds. The third kappa shape index (κ3) is 10.9. The summed E-state index contributed by atoms with van der Waals surface area (Å²) in [5.41, 5.74) is 2.08. The quantitative estimate of drug-likeness (QED) is 0.236. The van der Waals surface area contributed by atoms with Crippen molar-refractivity contribution in [3.8, 4) is 5.75 Å². The summed E-state index contributed by atoms with van der Waals surface area (Å²) in [5, 5.41) is 0. The Kier molecular flexibility index (Phi) is 4.87. The van der Waals surface area contributed by atoms with Crippen molar-refractivity contribution in [1.29, 1.82) is 0 Å². The molecule has 0 aromatic heterocycles. The molecule has 0 aliphatic rings. The van der Waals surface area contributed by atoms with Crippen LogP contribution in [-0.2, 0) is 17.4 Å². The van der Waals surface area contributed by atoms with Gasteiger partial charge in [0.25, 0.3) is 0 Å². The third-order valence-electron chi connectivity index (χ3n) is 1.99. The number of esters is 1. The maximum atomic E-state index is 10.7. The molecule has 0 saturated carbocycles. The van der Waals surface area contributed by atoms with Crippen molar-refractivity contribution < 1.29 is 34.7 Å². The Morgan fingerprint density at radius 3 is 1.80 bits per heavy atom. The molecule has 0 aliphatic heterocycles. The molecule has 0 atom stereocenters. The van der Waals surface area contributed by atoms with E-state index in [0.29, 0.717) is 5.75 Å². The average Bonchev–Trinajstić information content (AvgIpc) is 2.14. The molecule has 0 fully saturated rings. The molecule has 0 aliphatic carbocycles.